The summed E-state index contributed by atoms with van der Waals surface area (Å²) in [6, 6.07) is 7.32. The molecule has 2 N–H and O–H groups in total. The van der Waals surface area contributed by atoms with Gasteiger partial charge in [0.05, 0.1) is 41.3 Å². The lowest BCUT2D eigenvalue weighted by Crippen LogP contribution is -3.00. The zero-order valence-electron chi connectivity index (χ0n) is 18.1. The summed E-state index contributed by atoms with van der Waals surface area (Å²) in [5.74, 6) is 1.31. The number of ether oxygens (including phenoxy) is 2. The van der Waals surface area contributed by atoms with E-state index < -0.39 is 12.2 Å². The van der Waals surface area contributed by atoms with Crippen molar-refractivity contribution < 1.29 is 76.6 Å². The van der Waals surface area contributed by atoms with Gasteiger partial charge in [0, 0.05) is 6.07 Å². The number of quaternary nitrogens is 2. The fourth-order valence-corrected chi connectivity index (χ4v) is 2.54. The van der Waals surface area contributed by atoms with E-state index in [1.54, 1.807) is 6.07 Å². The maximum Gasteiger partial charge on any atom is 0.137 e. The lowest BCUT2D eigenvalue weighted by atomic mass is 10.3. The molecule has 166 valence electrons. The molecule has 28 heavy (non-hydrogen) atoms. The van der Waals surface area contributed by atoms with Crippen LogP contribution in [-0.2, 0) is 0 Å². The molecule has 0 heterocycles. The summed E-state index contributed by atoms with van der Waals surface area (Å²) in [5, 5.41) is 20.3. The Labute approximate surface area is 205 Å². The van der Waals surface area contributed by atoms with Gasteiger partial charge >= 0.3 is 0 Å². The molecule has 0 saturated heterocycles. The maximum absolute atomic E-state index is 10.1. The molecule has 2 unspecified atom stereocenters. The first-order valence-electron chi connectivity index (χ1n) is 9.42. The maximum atomic E-state index is 10.1. The second kappa shape index (κ2) is 14.2. The number of hydrogen-bond acceptors (Lipinski definition) is 4. The number of likely N-dealkylation sites (N-methyl/N-ethyl adjacent to an activating group) is 2. The Hall–Kier alpha value is 0.120. The van der Waals surface area contributed by atoms with E-state index in [-0.39, 0.29) is 61.2 Å². The molecule has 1 rings (SSSR count). The first-order valence-corrected chi connectivity index (χ1v) is 9.42. The largest absolute Gasteiger partial charge is 1.00 e. The van der Waals surface area contributed by atoms with Gasteiger partial charge in [-0.3, -0.25) is 0 Å². The van der Waals surface area contributed by atoms with Crippen LogP contribution in [0.15, 0.2) is 24.3 Å². The van der Waals surface area contributed by atoms with Gasteiger partial charge in [0.15, 0.2) is 0 Å². The lowest BCUT2D eigenvalue weighted by Gasteiger charge is -2.30. The zero-order valence-corrected chi connectivity index (χ0v) is 22.4. The highest BCUT2D eigenvalue weighted by atomic mass is 127. The van der Waals surface area contributed by atoms with Crippen molar-refractivity contribution in [3.05, 3.63) is 24.3 Å². The second-order valence-electron chi connectivity index (χ2n) is 8.27. The number of aliphatic hydroxyl groups excluding tert-OH is 2. The number of hydrogen-bond donors (Lipinski definition) is 2. The third-order valence-corrected chi connectivity index (χ3v) is 4.81. The van der Waals surface area contributed by atoms with Crippen molar-refractivity contribution in [1.82, 2.24) is 0 Å². The van der Waals surface area contributed by atoms with E-state index in [0.717, 1.165) is 22.1 Å². The number of halogens is 2. The summed E-state index contributed by atoms with van der Waals surface area (Å²) in [7, 11) is 8.34. The highest BCUT2D eigenvalue weighted by Crippen LogP contribution is 2.20. The lowest BCUT2D eigenvalue weighted by molar-refractivity contribution is -0.891. The van der Waals surface area contributed by atoms with Gasteiger partial charge in [-0.2, -0.15) is 0 Å². The molecule has 0 aliphatic rings. The Balaban J connectivity index is 0. The fraction of sp³-hybridized carbons (Fsp3) is 0.700. The van der Waals surface area contributed by atoms with Crippen LogP contribution in [0.3, 0.4) is 0 Å². The third kappa shape index (κ3) is 12.6. The molecule has 0 spiro atoms. The molecule has 0 saturated carbocycles. The highest BCUT2D eigenvalue weighted by Gasteiger charge is 2.20. The third-order valence-electron chi connectivity index (χ3n) is 4.81. The standard InChI is InChI=1S/C20H38N2O4.2HI/c1-7-21(3,4)13-17(23)15-25-19-10-9-11-20(12-19)26-16-18(24)14-22(5,6)8-2;;/h9-12,17-18,23-24H,7-8,13-16H2,1-6H3;2*1H/q+2;;/p-2. The van der Waals surface area contributed by atoms with E-state index >= 15 is 0 Å². The average molecular weight is 624 g/mol. The number of nitrogens with zero attached hydrogens (tertiary/aromatic N) is 2. The van der Waals surface area contributed by atoms with Crippen LogP contribution in [0.25, 0.3) is 0 Å². The first kappa shape index (κ1) is 30.3. The minimum atomic E-state index is -0.523. The van der Waals surface area contributed by atoms with Crippen molar-refractivity contribution in [2.75, 3.05) is 67.6 Å². The molecule has 0 aliphatic heterocycles. The topological polar surface area (TPSA) is 58.9 Å². The van der Waals surface area contributed by atoms with Gasteiger partial charge in [-0.05, 0) is 26.0 Å². The van der Waals surface area contributed by atoms with E-state index in [1.165, 1.54) is 0 Å². The van der Waals surface area contributed by atoms with Gasteiger partial charge in [-0.1, -0.05) is 6.07 Å². The van der Waals surface area contributed by atoms with Crippen LogP contribution in [0.5, 0.6) is 11.5 Å². The van der Waals surface area contributed by atoms with Crippen molar-refractivity contribution in [2.45, 2.75) is 26.1 Å². The van der Waals surface area contributed by atoms with Crippen LogP contribution in [0.1, 0.15) is 13.8 Å². The molecule has 0 aliphatic carbocycles. The second-order valence-corrected chi connectivity index (χ2v) is 8.27. The number of aliphatic hydroxyl groups is 2. The SMILES string of the molecule is CC[N+](C)(C)CC(O)COc1cccc(OCC(O)C[N+](C)(C)CC)c1.[I-].[I-]. The average Bonchev–Trinajstić information content (AvgIpc) is 2.58. The van der Waals surface area contributed by atoms with Crippen molar-refractivity contribution >= 4 is 0 Å². The summed E-state index contributed by atoms with van der Waals surface area (Å²) in [6.07, 6.45) is -1.05. The van der Waals surface area contributed by atoms with E-state index in [4.69, 9.17) is 9.47 Å². The van der Waals surface area contributed by atoms with Crippen molar-refractivity contribution in [2.24, 2.45) is 0 Å². The summed E-state index contributed by atoms with van der Waals surface area (Å²) >= 11 is 0. The Morgan fingerprint density at radius 2 is 1.14 bits per heavy atom. The van der Waals surface area contributed by atoms with E-state index in [9.17, 15) is 10.2 Å². The van der Waals surface area contributed by atoms with E-state index in [2.05, 4.69) is 42.0 Å². The van der Waals surface area contributed by atoms with Gasteiger partial charge < -0.3 is 76.6 Å². The minimum absolute atomic E-state index is 0. The first-order chi connectivity index (χ1) is 12.1. The molecule has 2 atom stereocenters. The van der Waals surface area contributed by atoms with E-state index in [0.29, 0.717) is 24.6 Å². The molecule has 0 radical (unpaired) electrons. The molecule has 0 bridgehead atoms. The van der Waals surface area contributed by atoms with Crippen LogP contribution in [0, 0.1) is 0 Å². The zero-order chi connectivity index (χ0) is 19.8. The summed E-state index contributed by atoms with van der Waals surface area (Å²) in [4.78, 5) is 0. The van der Waals surface area contributed by atoms with Crippen molar-refractivity contribution in [1.29, 1.82) is 0 Å². The molecule has 0 fully saturated rings. The van der Waals surface area contributed by atoms with Gasteiger partial charge in [-0.15, -0.1) is 0 Å². The molecular formula is C20H38I2N2O4. The monoisotopic (exact) mass is 624 g/mol. The van der Waals surface area contributed by atoms with Crippen molar-refractivity contribution in [3.8, 4) is 11.5 Å². The Bertz CT molecular complexity index is 501. The van der Waals surface area contributed by atoms with Crippen LogP contribution < -0.4 is 57.4 Å². The van der Waals surface area contributed by atoms with Gasteiger partial charge in [0.2, 0.25) is 0 Å². The minimum Gasteiger partial charge on any atom is -1.00 e. The molecule has 8 heteroatoms. The summed E-state index contributed by atoms with van der Waals surface area (Å²) in [5.41, 5.74) is 0. The summed E-state index contributed by atoms with van der Waals surface area (Å²) < 4.78 is 12.9. The smallest absolute Gasteiger partial charge is 0.137 e. The molecule has 1 aromatic carbocycles. The fourth-order valence-electron chi connectivity index (χ4n) is 2.54. The predicted molar refractivity (Wildman–Crippen MR) is 104 cm³/mol. The highest BCUT2D eigenvalue weighted by molar-refractivity contribution is 5.32. The molecule has 0 aromatic heterocycles. The quantitative estimate of drug-likeness (QED) is 0.182. The summed E-state index contributed by atoms with van der Waals surface area (Å²) in [6.45, 7) is 7.89. The molecule has 0 amide bonds. The van der Waals surface area contributed by atoms with Crippen LogP contribution in [0.4, 0.5) is 0 Å². The predicted octanol–water partition coefficient (Wildman–Crippen LogP) is -4.63. The molecular weight excluding hydrogens is 586 g/mol. The Morgan fingerprint density at radius 3 is 1.46 bits per heavy atom. The van der Waals surface area contributed by atoms with E-state index in [1.807, 2.05) is 18.2 Å². The van der Waals surface area contributed by atoms with Crippen LogP contribution in [0.2, 0.25) is 0 Å². The molecule has 6 nitrogen and oxygen atoms in total. The van der Waals surface area contributed by atoms with Crippen LogP contribution in [-0.4, -0.2) is 99.0 Å². The van der Waals surface area contributed by atoms with Gasteiger partial charge in [0.1, 0.15) is 50.0 Å². The Kier molecular flexibility index (Phi) is 15.4. The normalized spacial score (nSPS) is 13.7. The Morgan fingerprint density at radius 1 is 0.786 bits per heavy atom. The van der Waals surface area contributed by atoms with Crippen LogP contribution >= 0.6 is 0 Å². The van der Waals surface area contributed by atoms with Gasteiger partial charge in [-0.25, -0.2) is 0 Å². The number of rotatable bonds is 12. The van der Waals surface area contributed by atoms with Gasteiger partial charge in [0.25, 0.3) is 0 Å². The number of benzene rings is 1. The molecule has 1 aromatic rings. The van der Waals surface area contributed by atoms with Crippen molar-refractivity contribution in [3.63, 3.8) is 0 Å².